The highest BCUT2D eigenvalue weighted by Crippen LogP contribution is 2.09. The second-order valence-corrected chi connectivity index (χ2v) is 4.49. The van der Waals surface area contributed by atoms with E-state index in [0.717, 1.165) is 6.42 Å². The number of carbonyl (C=O) groups excluding carboxylic acids is 1. The van der Waals surface area contributed by atoms with E-state index in [-0.39, 0.29) is 19.0 Å². The van der Waals surface area contributed by atoms with Crippen molar-refractivity contribution in [1.29, 1.82) is 0 Å². The molecule has 17 heavy (non-hydrogen) atoms. The first-order chi connectivity index (χ1) is 7.93. The number of nitrogens with one attached hydrogen (secondary N) is 1. The third kappa shape index (κ3) is 4.86. The van der Waals surface area contributed by atoms with Gasteiger partial charge in [0.15, 0.2) is 0 Å². The van der Waals surface area contributed by atoms with Crippen LogP contribution in [0.4, 0.5) is 5.69 Å². The van der Waals surface area contributed by atoms with E-state index in [1.807, 2.05) is 6.92 Å². The molecule has 1 aromatic heterocycles. The molecule has 1 atom stereocenters. The van der Waals surface area contributed by atoms with Crippen LogP contribution in [-0.2, 0) is 11.3 Å². The third-order valence-electron chi connectivity index (χ3n) is 2.41. The number of nitrogens with zero attached hydrogens (tertiary/aromatic N) is 2. The summed E-state index contributed by atoms with van der Waals surface area (Å²) in [6.45, 7) is 4.06. The van der Waals surface area contributed by atoms with E-state index in [1.54, 1.807) is 13.1 Å². The summed E-state index contributed by atoms with van der Waals surface area (Å²) >= 11 is 0. The molecule has 0 aromatic carbocycles. The van der Waals surface area contributed by atoms with Gasteiger partial charge in [0, 0.05) is 12.7 Å². The predicted molar refractivity (Wildman–Crippen MR) is 65.2 cm³/mol. The van der Waals surface area contributed by atoms with Gasteiger partial charge in [0.25, 0.3) is 0 Å². The van der Waals surface area contributed by atoms with Gasteiger partial charge in [-0.2, -0.15) is 5.10 Å². The molecule has 0 aliphatic heterocycles. The summed E-state index contributed by atoms with van der Waals surface area (Å²) in [5.74, 6) is -0.190. The van der Waals surface area contributed by atoms with Crippen LogP contribution in [0.1, 0.15) is 26.7 Å². The standard InChI is InChI=1S/C11H20N4O2/c1-3-4-11(2,17)8-13-10(16)7-15-6-9(12)5-14-15/h5-6,17H,3-4,7-8,12H2,1-2H3,(H,13,16). The predicted octanol–water partition coefficient (Wildman–Crippen LogP) is 0.133. The van der Waals surface area contributed by atoms with Gasteiger partial charge in [-0.15, -0.1) is 0 Å². The van der Waals surface area contributed by atoms with Crippen molar-refractivity contribution in [1.82, 2.24) is 15.1 Å². The van der Waals surface area contributed by atoms with Gasteiger partial charge < -0.3 is 16.2 Å². The third-order valence-corrected chi connectivity index (χ3v) is 2.41. The molecule has 0 saturated heterocycles. The molecule has 1 heterocycles. The van der Waals surface area contributed by atoms with Crippen LogP contribution in [0.25, 0.3) is 0 Å². The maximum atomic E-state index is 11.5. The smallest absolute Gasteiger partial charge is 0.241 e. The molecule has 96 valence electrons. The Labute approximate surface area is 101 Å². The number of amides is 1. The van der Waals surface area contributed by atoms with Crippen molar-refractivity contribution in [2.45, 2.75) is 38.8 Å². The second-order valence-electron chi connectivity index (χ2n) is 4.49. The molecule has 0 fully saturated rings. The highest BCUT2D eigenvalue weighted by Gasteiger charge is 2.19. The molecule has 4 N–H and O–H groups in total. The highest BCUT2D eigenvalue weighted by molar-refractivity contribution is 5.75. The number of carbonyl (C=O) groups is 1. The van der Waals surface area contributed by atoms with Gasteiger partial charge in [0.05, 0.1) is 17.5 Å². The molecule has 0 aliphatic carbocycles. The van der Waals surface area contributed by atoms with E-state index in [1.165, 1.54) is 10.9 Å². The minimum atomic E-state index is -0.854. The van der Waals surface area contributed by atoms with Crippen LogP contribution < -0.4 is 11.1 Å². The molecule has 0 bridgehead atoms. The monoisotopic (exact) mass is 240 g/mol. The normalized spacial score (nSPS) is 14.3. The fourth-order valence-corrected chi connectivity index (χ4v) is 1.59. The Morgan fingerprint density at radius 2 is 2.41 bits per heavy atom. The SMILES string of the molecule is CCCC(C)(O)CNC(=O)Cn1cc(N)cn1. The fourth-order valence-electron chi connectivity index (χ4n) is 1.59. The molecular formula is C11H20N4O2. The molecule has 0 saturated carbocycles. The zero-order valence-corrected chi connectivity index (χ0v) is 10.3. The first kappa shape index (κ1) is 13.5. The fraction of sp³-hybridized carbons (Fsp3) is 0.636. The van der Waals surface area contributed by atoms with E-state index in [9.17, 15) is 9.90 Å². The van der Waals surface area contributed by atoms with Crippen LogP contribution in [0.2, 0.25) is 0 Å². The van der Waals surface area contributed by atoms with Crippen LogP contribution >= 0.6 is 0 Å². The van der Waals surface area contributed by atoms with Gasteiger partial charge in [0.1, 0.15) is 6.54 Å². The van der Waals surface area contributed by atoms with Crippen LogP contribution in [0, 0.1) is 0 Å². The van der Waals surface area contributed by atoms with Crippen molar-refractivity contribution in [2.75, 3.05) is 12.3 Å². The molecule has 6 nitrogen and oxygen atoms in total. The Kier molecular flexibility index (Phi) is 4.51. The highest BCUT2D eigenvalue weighted by atomic mass is 16.3. The Morgan fingerprint density at radius 1 is 1.71 bits per heavy atom. The lowest BCUT2D eigenvalue weighted by atomic mass is 10.0. The summed E-state index contributed by atoms with van der Waals surface area (Å²) in [6.07, 6.45) is 4.60. The topological polar surface area (TPSA) is 93.2 Å². The van der Waals surface area contributed by atoms with Gasteiger partial charge in [-0.05, 0) is 13.3 Å². The molecule has 0 aliphatic rings. The Balaban J connectivity index is 2.35. The summed E-state index contributed by atoms with van der Waals surface area (Å²) in [5, 5.41) is 16.5. The van der Waals surface area contributed by atoms with E-state index in [2.05, 4.69) is 10.4 Å². The molecular weight excluding hydrogens is 220 g/mol. The summed E-state index contributed by atoms with van der Waals surface area (Å²) < 4.78 is 1.46. The molecule has 0 radical (unpaired) electrons. The number of hydrogen-bond acceptors (Lipinski definition) is 4. The minimum absolute atomic E-state index is 0.111. The average Bonchev–Trinajstić information content (AvgIpc) is 2.61. The van der Waals surface area contributed by atoms with Crippen molar-refractivity contribution in [3.63, 3.8) is 0 Å². The van der Waals surface area contributed by atoms with Gasteiger partial charge in [-0.25, -0.2) is 0 Å². The Bertz CT molecular complexity index is 373. The van der Waals surface area contributed by atoms with Crippen molar-refractivity contribution in [3.05, 3.63) is 12.4 Å². The molecule has 1 aromatic rings. The van der Waals surface area contributed by atoms with Crippen molar-refractivity contribution >= 4 is 11.6 Å². The van der Waals surface area contributed by atoms with E-state index < -0.39 is 5.60 Å². The van der Waals surface area contributed by atoms with Gasteiger partial charge in [-0.3, -0.25) is 9.48 Å². The average molecular weight is 240 g/mol. The van der Waals surface area contributed by atoms with Crippen LogP contribution in [0.3, 0.4) is 0 Å². The van der Waals surface area contributed by atoms with Crippen LogP contribution in [0.5, 0.6) is 0 Å². The summed E-state index contributed by atoms with van der Waals surface area (Å²) in [6, 6.07) is 0. The number of nitrogen functional groups attached to an aromatic ring is 1. The van der Waals surface area contributed by atoms with Gasteiger partial charge in [-0.1, -0.05) is 13.3 Å². The molecule has 6 heteroatoms. The van der Waals surface area contributed by atoms with Gasteiger partial charge >= 0.3 is 0 Å². The number of anilines is 1. The lowest BCUT2D eigenvalue weighted by Gasteiger charge is -2.22. The lowest BCUT2D eigenvalue weighted by molar-refractivity contribution is -0.123. The van der Waals surface area contributed by atoms with Crippen LogP contribution in [-0.4, -0.2) is 32.9 Å². The van der Waals surface area contributed by atoms with E-state index in [0.29, 0.717) is 12.1 Å². The van der Waals surface area contributed by atoms with E-state index >= 15 is 0 Å². The maximum absolute atomic E-state index is 11.5. The zero-order valence-electron chi connectivity index (χ0n) is 10.3. The minimum Gasteiger partial charge on any atom is -0.396 e. The number of aromatic nitrogens is 2. The number of hydrogen-bond donors (Lipinski definition) is 3. The zero-order chi connectivity index (χ0) is 12.9. The van der Waals surface area contributed by atoms with Crippen LogP contribution in [0.15, 0.2) is 12.4 Å². The van der Waals surface area contributed by atoms with E-state index in [4.69, 9.17) is 5.73 Å². The second kappa shape index (κ2) is 5.67. The Morgan fingerprint density at radius 3 is 2.94 bits per heavy atom. The molecule has 0 spiro atoms. The van der Waals surface area contributed by atoms with Crippen molar-refractivity contribution in [3.8, 4) is 0 Å². The Hall–Kier alpha value is -1.56. The van der Waals surface area contributed by atoms with Crippen molar-refractivity contribution < 1.29 is 9.90 Å². The largest absolute Gasteiger partial charge is 0.396 e. The van der Waals surface area contributed by atoms with Crippen molar-refractivity contribution in [2.24, 2.45) is 0 Å². The maximum Gasteiger partial charge on any atom is 0.241 e. The summed E-state index contributed by atoms with van der Waals surface area (Å²) in [7, 11) is 0. The number of nitrogens with two attached hydrogens (primary N) is 1. The molecule has 1 amide bonds. The summed E-state index contributed by atoms with van der Waals surface area (Å²) in [5.41, 5.74) is 5.15. The number of rotatable bonds is 6. The van der Waals surface area contributed by atoms with Gasteiger partial charge in [0.2, 0.25) is 5.91 Å². The summed E-state index contributed by atoms with van der Waals surface area (Å²) in [4.78, 5) is 11.5. The first-order valence-corrected chi connectivity index (χ1v) is 5.70. The number of aliphatic hydroxyl groups is 1. The first-order valence-electron chi connectivity index (χ1n) is 5.70. The molecule has 1 rings (SSSR count). The molecule has 1 unspecified atom stereocenters. The lowest BCUT2D eigenvalue weighted by Crippen LogP contribution is -2.41. The quantitative estimate of drug-likeness (QED) is 0.659.